The second-order valence-electron chi connectivity index (χ2n) is 5.18. The maximum atomic E-state index is 5.80. The van der Waals surface area contributed by atoms with Gasteiger partial charge in [0, 0.05) is 23.6 Å². The van der Waals surface area contributed by atoms with Gasteiger partial charge < -0.3 is 10.5 Å². The van der Waals surface area contributed by atoms with Crippen LogP contribution in [0.3, 0.4) is 0 Å². The topological polar surface area (TPSA) is 38.5 Å². The van der Waals surface area contributed by atoms with Crippen molar-refractivity contribution < 1.29 is 4.74 Å². The Morgan fingerprint density at radius 1 is 1.40 bits per heavy atom. The summed E-state index contributed by atoms with van der Waals surface area (Å²) in [6.07, 6.45) is 5.12. The largest absolute Gasteiger partial charge is 0.492 e. The Labute approximate surface area is 134 Å². The molecule has 0 amide bonds. The molecule has 2 rings (SSSR count). The van der Waals surface area contributed by atoms with Gasteiger partial charge in [-0.25, -0.2) is 0 Å². The average Bonchev–Trinajstić information content (AvgIpc) is 2.91. The van der Waals surface area contributed by atoms with Crippen LogP contribution in [-0.2, 0) is 0 Å². The molecule has 5 heteroatoms. The second-order valence-corrected chi connectivity index (χ2v) is 6.62. The molecule has 1 aliphatic rings. The number of rotatable bonds is 7. The van der Waals surface area contributed by atoms with Crippen molar-refractivity contribution in [3.05, 3.63) is 28.7 Å². The molecule has 0 saturated heterocycles. The van der Waals surface area contributed by atoms with Crippen LogP contribution in [0, 0.1) is 0 Å². The van der Waals surface area contributed by atoms with Crippen LogP contribution in [0.1, 0.15) is 25.7 Å². The second kappa shape index (κ2) is 7.96. The number of hydrogen-bond acceptors (Lipinski definition) is 3. The van der Waals surface area contributed by atoms with Crippen LogP contribution in [0.2, 0.25) is 0 Å². The van der Waals surface area contributed by atoms with Crippen LogP contribution in [0.25, 0.3) is 0 Å². The lowest BCUT2D eigenvalue weighted by atomic mass is 10.2. The first-order valence-electron chi connectivity index (χ1n) is 7.06. The zero-order chi connectivity index (χ0) is 14.4. The van der Waals surface area contributed by atoms with Crippen LogP contribution < -0.4 is 10.5 Å². The Balaban J connectivity index is 1.83. The van der Waals surface area contributed by atoms with Crippen molar-refractivity contribution in [1.29, 1.82) is 0 Å². The van der Waals surface area contributed by atoms with E-state index in [9.17, 15) is 0 Å². The SMILES string of the molecule is NC(=S)CN(CCOc1cccc(Br)c1)C1CCCC1. The van der Waals surface area contributed by atoms with Gasteiger partial charge in [0.15, 0.2) is 0 Å². The number of nitrogens with two attached hydrogens (primary N) is 1. The molecule has 1 aromatic carbocycles. The molecule has 0 aromatic heterocycles. The Morgan fingerprint density at radius 3 is 2.80 bits per heavy atom. The molecule has 3 nitrogen and oxygen atoms in total. The zero-order valence-electron chi connectivity index (χ0n) is 11.6. The summed E-state index contributed by atoms with van der Waals surface area (Å²) in [5, 5.41) is 0. The third kappa shape index (κ3) is 5.04. The molecular weight excluding hydrogens is 336 g/mol. The predicted molar refractivity (Wildman–Crippen MR) is 90.3 cm³/mol. The minimum atomic E-state index is 0.569. The van der Waals surface area contributed by atoms with Gasteiger partial charge in [-0.15, -0.1) is 0 Å². The standard InChI is InChI=1S/C15H21BrN2OS/c16-12-4-3-7-14(10-12)19-9-8-18(11-15(17)20)13-5-1-2-6-13/h3-4,7,10,13H,1-2,5-6,8-9,11H2,(H2,17,20). The smallest absolute Gasteiger partial charge is 0.120 e. The maximum Gasteiger partial charge on any atom is 0.120 e. The number of thiocarbonyl (C=S) groups is 1. The highest BCUT2D eigenvalue weighted by Crippen LogP contribution is 2.23. The molecule has 0 unspecified atom stereocenters. The van der Waals surface area contributed by atoms with Crippen molar-refractivity contribution in [3.63, 3.8) is 0 Å². The molecule has 2 N–H and O–H groups in total. The van der Waals surface area contributed by atoms with Crippen molar-refractivity contribution in [1.82, 2.24) is 4.90 Å². The van der Waals surface area contributed by atoms with Crippen molar-refractivity contribution in [2.75, 3.05) is 19.7 Å². The molecule has 0 atom stereocenters. The van der Waals surface area contributed by atoms with Crippen molar-refractivity contribution in [2.24, 2.45) is 5.73 Å². The monoisotopic (exact) mass is 356 g/mol. The third-order valence-electron chi connectivity index (χ3n) is 3.64. The fourth-order valence-electron chi connectivity index (χ4n) is 2.70. The summed E-state index contributed by atoms with van der Waals surface area (Å²) in [4.78, 5) is 2.94. The molecule has 1 saturated carbocycles. The van der Waals surface area contributed by atoms with Crippen LogP contribution in [0.4, 0.5) is 0 Å². The fraction of sp³-hybridized carbons (Fsp3) is 0.533. The summed E-state index contributed by atoms with van der Waals surface area (Å²) in [5.74, 6) is 0.890. The van der Waals surface area contributed by atoms with Crippen molar-refractivity contribution >= 4 is 33.1 Å². The van der Waals surface area contributed by atoms with E-state index < -0.39 is 0 Å². The quantitative estimate of drug-likeness (QED) is 0.760. The Hall–Kier alpha value is -0.650. The number of hydrogen-bond donors (Lipinski definition) is 1. The molecule has 0 heterocycles. The van der Waals surface area contributed by atoms with E-state index in [1.165, 1.54) is 25.7 Å². The van der Waals surface area contributed by atoms with Gasteiger partial charge in [0.2, 0.25) is 0 Å². The minimum Gasteiger partial charge on any atom is -0.492 e. The maximum absolute atomic E-state index is 5.80. The van der Waals surface area contributed by atoms with Crippen molar-refractivity contribution in [3.8, 4) is 5.75 Å². The van der Waals surface area contributed by atoms with E-state index in [1.54, 1.807) is 0 Å². The molecule has 0 spiro atoms. The van der Waals surface area contributed by atoms with E-state index in [1.807, 2.05) is 24.3 Å². The van der Waals surface area contributed by atoms with E-state index in [2.05, 4.69) is 20.8 Å². The molecule has 110 valence electrons. The Morgan fingerprint density at radius 2 is 2.15 bits per heavy atom. The summed E-state index contributed by atoms with van der Waals surface area (Å²) >= 11 is 8.50. The van der Waals surface area contributed by atoms with Gasteiger partial charge in [0.25, 0.3) is 0 Å². The van der Waals surface area contributed by atoms with Crippen LogP contribution >= 0.6 is 28.1 Å². The zero-order valence-corrected chi connectivity index (χ0v) is 14.0. The molecule has 20 heavy (non-hydrogen) atoms. The number of halogens is 1. The molecule has 1 aliphatic carbocycles. The average molecular weight is 357 g/mol. The lowest BCUT2D eigenvalue weighted by Crippen LogP contribution is -2.41. The van der Waals surface area contributed by atoms with E-state index in [-0.39, 0.29) is 0 Å². The Bertz CT molecular complexity index is 449. The number of nitrogens with zero attached hydrogens (tertiary/aromatic N) is 1. The molecular formula is C15H21BrN2OS. The van der Waals surface area contributed by atoms with Gasteiger partial charge in [-0.05, 0) is 31.0 Å². The van der Waals surface area contributed by atoms with Crippen LogP contribution in [0.15, 0.2) is 28.7 Å². The summed E-state index contributed by atoms with van der Waals surface area (Å²) in [6.45, 7) is 2.23. The van der Waals surface area contributed by atoms with Crippen LogP contribution in [0.5, 0.6) is 5.75 Å². The highest BCUT2D eigenvalue weighted by Gasteiger charge is 2.22. The Kier molecular flexibility index (Phi) is 6.26. The number of benzene rings is 1. The summed E-state index contributed by atoms with van der Waals surface area (Å²) in [6, 6.07) is 8.53. The highest BCUT2D eigenvalue weighted by atomic mass is 79.9. The van der Waals surface area contributed by atoms with Crippen LogP contribution in [-0.4, -0.2) is 35.6 Å². The summed E-state index contributed by atoms with van der Waals surface area (Å²) in [5.41, 5.74) is 5.71. The first-order chi connectivity index (χ1) is 9.65. The van der Waals surface area contributed by atoms with Crippen molar-refractivity contribution in [2.45, 2.75) is 31.7 Å². The van der Waals surface area contributed by atoms with Gasteiger partial charge >= 0.3 is 0 Å². The third-order valence-corrected chi connectivity index (χ3v) is 4.27. The van der Waals surface area contributed by atoms with E-state index in [4.69, 9.17) is 22.7 Å². The highest BCUT2D eigenvalue weighted by molar-refractivity contribution is 9.10. The molecule has 0 radical (unpaired) electrons. The van der Waals surface area contributed by atoms with E-state index >= 15 is 0 Å². The predicted octanol–water partition coefficient (Wildman–Crippen LogP) is 3.36. The molecule has 1 aromatic rings. The molecule has 0 bridgehead atoms. The summed E-state index contributed by atoms with van der Waals surface area (Å²) in [7, 11) is 0. The summed E-state index contributed by atoms with van der Waals surface area (Å²) < 4.78 is 6.84. The lowest BCUT2D eigenvalue weighted by molar-refractivity contribution is 0.180. The lowest BCUT2D eigenvalue weighted by Gasteiger charge is -2.28. The molecule has 1 fully saturated rings. The van der Waals surface area contributed by atoms with Gasteiger partial charge in [-0.3, -0.25) is 4.90 Å². The van der Waals surface area contributed by atoms with E-state index in [0.29, 0.717) is 24.2 Å². The fourth-order valence-corrected chi connectivity index (χ4v) is 3.24. The number of ether oxygens (including phenoxy) is 1. The first-order valence-corrected chi connectivity index (χ1v) is 8.26. The normalized spacial score (nSPS) is 15.7. The van der Waals surface area contributed by atoms with Gasteiger partial charge in [0.05, 0.1) is 4.99 Å². The molecule has 0 aliphatic heterocycles. The van der Waals surface area contributed by atoms with Gasteiger partial charge in [0.1, 0.15) is 12.4 Å². The van der Waals surface area contributed by atoms with E-state index in [0.717, 1.165) is 16.8 Å². The van der Waals surface area contributed by atoms with Gasteiger partial charge in [-0.1, -0.05) is 47.1 Å². The minimum absolute atomic E-state index is 0.569. The van der Waals surface area contributed by atoms with Gasteiger partial charge in [-0.2, -0.15) is 0 Å². The first kappa shape index (κ1) is 15.7.